The third-order valence-electron chi connectivity index (χ3n) is 4.64. The van der Waals surface area contributed by atoms with Crippen molar-refractivity contribution in [3.05, 3.63) is 70.6 Å². The Morgan fingerprint density at radius 2 is 1.80 bits per heavy atom. The maximum absolute atomic E-state index is 13.1. The predicted molar refractivity (Wildman–Crippen MR) is 119 cm³/mol. The summed E-state index contributed by atoms with van der Waals surface area (Å²) in [6.07, 6.45) is 1.69. The van der Waals surface area contributed by atoms with Crippen LogP contribution in [0.4, 0.5) is 5.69 Å². The predicted octanol–water partition coefficient (Wildman–Crippen LogP) is 4.59. The van der Waals surface area contributed by atoms with Crippen molar-refractivity contribution in [3.63, 3.8) is 0 Å². The van der Waals surface area contributed by atoms with Gasteiger partial charge in [-0.15, -0.1) is 0 Å². The SMILES string of the molecule is COc1ccc(-c2cnn3c(C)cc(C)nc23)cc1S(=O)(=O)Nc1ccc(Br)cc1. The molecule has 0 amide bonds. The van der Waals surface area contributed by atoms with Crippen molar-refractivity contribution < 1.29 is 13.2 Å². The zero-order chi connectivity index (χ0) is 21.5. The summed E-state index contributed by atoms with van der Waals surface area (Å²) in [6, 6.07) is 13.8. The number of hydrogen-bond acceptors (Lipinski definition) is 5. The van der Waals surface area contributed by atoms with Gasteiger partial charge < -0.3 is 4.74 Å². The van der Waals surface area contributed by atoms with E-state index in [2.05, 4.69) is 30.7 Å². The van der Waals surface area contributed by atoms with Crippen molar-refractivity contribution in [2.75, 3.05) is 11.8 Å². The number of fused-ring (bicyclic) bond motifs is 1. The average molecular weight is 487 g/mol. The number of nitrogens with one attached hydrogen (secondary N) is 1. The molecule has 0 radical (unpaired) electrons. The summed E-state index contributed by atoms with van der Waals surface area (Å²) in [4.78, 5) is 4.62. The number of aromatic nitrogens is 3. The molecule has 2 heterocycles. The second kappa shape index (κ2) is 7.73. The molecule has 4 aromatic rings. The van der Waals surface area contributed by atoms with Gasteiger partial charge in [0.1, 0.15) is 10.6 Å². The first-order valence-corrected chi connectivity index (χ1v) is 11.3. The molecular weight excluding hydrogens is 468 g/mol. The number of rotatable bonds is 5. The molecular formula is C21H19BrN4O3S. The highest BCUT2D eigenvalue weighted by atomic mass is 79.9. The third-order valence-corrected chi connectivity index (χ3v) is 6.57. The van der Waals surface area contributed by atoms with Gasteiger partial charge in [-0.25, -0.2) is 17.9 Å². The van der Waals surface area contributed by atoms with E-state index in [0.717, 1.165) is 21.4 Å². The van der Waals surface area contributed by atoms with Crippen LogP contribution < -0.4 is 9.46 Å². The molecule has 4 rings (SSSR count). The molecule has 1 N–H and O–H groups in total. The summed E-state index contributed by atoms with van der Waals surface area (Å²) in [6.45, 7) is 3.86. The molecule has 9 heteroatoms. The number of aryl methyl sites for hydroxylation is 2. The highest BCUT2D eigenvalue weighted by Crippen LogP contribution is 2.33. The monoisotopic (exact) mass is 486 g/mol. The summed E-state index contributed by atoms with van der Waals surface area (Å²) < 4.78 is 36.8. The second-order valence-electron chi connectivity index (χ2n) is 6.81. The van der Waals surface area contributed by atoms with E-state index in [1.54, 1.807) is 53.2 Å². The number of benzene rings is 2. The molecule has 0 aliphatic rings. The van der Waals surface area contributed by atoms with Crippen LogP contribution in [0.3, 0.4) is 0 Å². The Labute approximate surface area is 182 Å². The van der Waals surface area contributed by atoms with Gasteiger partial charge in [0.2, 0.25) is 0 Å². The molecule has 154 valence electrons. The van der Waals surface area contributed by atoms with E-state index in [4.69, 9.17) is 4.74 Å². The Bertz CT molecular complexity index is 1350. The normalized spacial score (nSPS) is 11.6. The largest absolute Gasteiger partial charge is 0.495 e. The van der Waals surface area contributed by atoms with Crippen LogP contribution in [0.25, 0.3) is 16.8 Å². The number of sulfonamides is 1. The molecule has 0 aliphatic carbocycles. The number of methoxy groups -OCH3 is 1. The smallest absolute Gasteiger partial charge is 0.265 e. The van der Waals surface area contributed by atoms with Gasteiger partial charge in [0, 0.05) is 27.1 Å². The molecule has 30 heavy (non-hydrogen) atoms. The lowest BCUT2D eigenvalue weighted by Crippen LogP contribution is -2.14. The molecule has 0 saturated carbocycles. The van der Waals surface area contributed by atoms with Crippen LogP contribution in [-0.2, 0) is 10.0 Å². The Hall–Kier alpha value is -2.91. The van der Waals surface area contributed by atoms with Crippen molar-refractivity contribution in [1.82, 2.24) is 14.6 Å². The Morgan fingerprint density at radius 1 is 1.07 bits per heavy atom. The molecule has 0 saturated heterocycles. The van der Waals surface area contributed by atoms with Crippen LogP contribution in [0.1, 0.15) is 11.4 Å². The first-order chi connectivity index (χ1) is 14.3. The van der Waals surface area contributed by atoms with Crippen LogP contribution in [0.15, 0.2) is 64.1 Å². The van der Waals surface area contributed by atoms with Crippen molar-refractivity contribution in [2.24, 2.45) is 0 Å². The van der Waals surface area contributed by atoms with E-state index in [9.17, 15) is 8.42 Å². The van der Waals surface area contributed by atoms with E-state index in [0.29, 0.717) is 16.9 Å². The lowest BCUT2D eigenvalue weighted by atomic mass is 10.1. The van der Waals surface area contributed by atoms with E-state index < -0.39 is 10.0 Å². The first-order valence-electron chi connectivity index (χ1n) is 9.07. The summed E-state index contributed by atoms with van der Waals surface area (Å²) in [5.41, 5.74) is 4.35. The number of halogens is 1. The second-order valence-corrected chi connectivity index (χ2v) is 9.38. The fourth-order valence-electron chi connectivity index (χ4n) is 3.26. The number of anilines is 1. The number of ether oxygens (including phenoxy) is 1. The van der Waals surface area contributed by atoms with E-state index >= 15 is 0 Å². The molecule has 0 fully saturated rings. The molecule has 2 aromatic carbocycles. The van der Waals surface area contributed by atoms with Gasteiger partial charge in [-0.3, -0.25) is 4.72 Å². The summed E-state index contributed by atoms with van der Waals surface area (Å²) >= 11 is 3.34. The molecule has 7 nitrogen and oxygen atoms in total. The lowest BCUT2D eigenvalue weighted by molar-refractivity contribution is 0.403. The quantitative estimate of drug-likeness (QED) is 0.445. The van der Waals surface area contributed by atoms with Crippen molar-refractivity contribution in [2.45, 2.75) is 18.7 Å². The van der Waals surface area contributed by atoms with Gasteiger partial charge in [-0.2, -0.15) is 5.10 Å². The van der Waals surface area contributed by atoms with Gasteiger partial charge in [-0.05, 0) is 61.9 Å². The average Bonchev–Trinajstić information content (AvgIpc) is 3.13. The zero-order valence-electron chi connectivity index (χ0n) is 16.5. The first kappa shape index (κ1) is 20.4. The Morgan fingerprint density at radius 3 is 2.50 bits per heavy atom. The minimum absolute atomic E-state index is 0.0362. The third kappa shape index (κ3) is 3.78. The summed E-state index contributed by atoms with van der Waals surface area (Å²) in [7, 11) is -2.45. The molecule has 0 bridgehead atoms. The van der Waals surface area contributed by atoms with Crippen LogP contribution in [0, 0.1) is 13.8 Å². The van der Waals surface area contributed by atoms with Gasteiger partial charge in [0.05, 0.1) is 13.3 Å². The lowest BCUT2D eigenvalue weighted by Gasteiger charge is -2.13. The van der Waals surface area contributed by atoms with Crippen molar-refractivity contribution >= 4 is 37.3 Å². The van der Waals surface area contributed by atoms with E-state index in [1.165, 1.54) is 7.11 Å². The van der Waals surface area contributed by atoms with Crippen LogP contribution in [0.5, 0.6) is 5.75 Å². The maximum atomic E-state index is 13.1. The van der Waals surface area contributed by atoms with E-state index in [-0.39, 0.29) is 10.6 Å². The van der Waals surface area contributed by atoms with Crippen LogP contribution in [-0.4, -0.2) is 30.1 Å². The zero-order valence-corrected chi connectivity index (χ0v) is 19.0. The number of nitrogens with zero attached hydrogens (tertiary/aromatic N) is 3. The molecule has 2 aromatic heterocycles. The van der Waals surface area contributed by atoms with Gasteiger partial charge >= 0.3 is 0 Å². The fourth-order valence-corrected chi connectivity index (χ4v) is 4.78. The molecule has 0 unspecified atom stereocenters. The van der Waals surface area contributed by atoms with Crippen LogP contribution >= 0.6 is 15.9 Å². The maximum Gasteiger partial charge on any atom is 0.265 e. The van der Waals surface area contributed by atoms with Crippen molar-refractivity contribution in [3.8, 4) is 16.9 Å². The minimum atomic E-state index is -3.89. The number of hydrogen-bond donors (Lipinski definition) is 1. The topological polar surface area (TPSA) is 85.6 Å². The highest BCUT2D eigenvalue weighted by molar-refractivity contribution is 9.10. The van der Waals surface area contributed by atoms with Crippen molar-refractivity contribution in [1.29, 1.82) is 0 Å². The molecule has 0 aliphatic heterocycles. The van der Waals surface area contributed by atoms with Gasteiger partial charge in [0.25, 0.3) is 10.0 Å². The van der Waals surface area contributed by atoms with Crippen LogP contribution in [0.2, 0.25) is 0 Å². The van der Waals surface area contributed by atoms with E-state index in [1.807, 2.05) is 19.9 Å². The minimum Gasteiger partial charge on any atom is -0.495 e. The summed E-state index contributed by atoms with van der Waals surface area (Å²) in [5.74, 6) is 0.250. The fraction of sp³-hybridized carbons (Fsp3) is 0.143. The van der Waals surface area contributed by atoms with Gasteiger partial charge in [0.15, 0.2) is 5.65 Å². The highest BCUT2D eigenvalue weighted by Gasteiger charge is 2.22. The Kier molecular flexibility index (Phi) is 5.25. The standard InChI is InChI=1S/C21H19BrN4O3S/c1-13-10-14(2)26-21(24-13)18(12-23-26)15-4-9-19(29-3)20(11-15)30(27,28)25-17-7-5-16(22)6-8-17/h4-12,25H,1-3H3. The Balaban J connectivity index is 1.82. The summed E-state index contributed by atoms with van der Waals surface area (Å²) in [5, 5.41) is 4.40. The molecule has 0 atom stereocenters. The van der Waals surface area contributed by atoms with Gasteiger partial charge in [-0.1, -0.05) is 22.0 Å². The molecule has 0 spiro atoms.